The lowest BCUT2D eigenvalue weighted by Gasteiger charge is -2.66. The lowest BCUT2D eigenvalue weighted by Crippen LogP contribution is -2.71. The third kappa shape index (κ3) is 4.30. The zero-order chi connectivity index (χ0) is 24.9. The highest BCUT2D eigenvalue weighted by Gasteiger charge is 2.69. The van der Waals surface area contributed by atoms with Crippen molar-refractivity contribution in [1.82, 2.24) is 0 Å². The summed E-state index contributed by atoms with van der Waals surface area (Å²) in [5.74, 6) is 2.84. The standard InChI is InChI=1S/C29H52O5/c1-18(2)7-6-8-19(3)22-9-10-23-21-15-25(32)29(33)16-20(34-14-13-30)11-12-28(29,5)26(21)24(31)17-27(22,23)4/h18-26,30-33H,6-17H2,1-5H3/t19-,20+,21+,22-,23+,24-,25+,26-,27-,28-,29+/m1/s1. The third-order valence-electron chi connectivity index (χ3n) is 11.4. The molecule has 5 heteroatoms. The molecule has 4 fully saturated rings. The fourth-order valence-corrected chi connectivity index (χ4v) is 9.75. The molecule has 4 aliphatic rings. The largest absolute Gasteiger partial charge is 0.394 e. The van der Waals surface area contributed by atoms with Gasteiger partial charge in [-0.15, -0.1) is 0 Å². The van der Waals surface area contributed by atoms with Crippen LogP contribution in [-0.4, -0.2) is 57.6 Å². The van der Waals surface area contributed by atoms with Crippen LogP contribution in [-0.2, 0) is 4.74 Å². The van der Waals surface area contributed by atoms with E-state index in [2.05, 4.69) is 34.6 Å². The molecule has 0 amide bonds. The number of fused-ring (bicyclic) bond motifs is 5. The molecule has 0 unspecified atom stereocenters. The molecule has 4 N–H and O–H groups in total. The Balaban J connectivity index is 1.54. The van der Waals surface area contributed by atoms with E-state index in [1.807, 2.05) is 0 Å². The zero-order valence-electron chi connectivity index (χ0n) is 22.4. The molecular weight excluding hydrogens is 428 g/mol. The van der Waals surface area contributed by atoms with Gasteiger partial charge in [0.05, 0.1) is 37.1 Å². The summed E-state index contributed by atoms with van der Waals surface area (Å²) in [5, 5.41) is 44.2. The number of aliphatic hydroxyl groups is 4. The smallest absolute Gasteiger partial charge is 0.0986 e. The quantitative estimate of drug-likeness (QED) is 0.409. The van der Waals surface area contributed by atoms with Gasteiger partial charge in [-0.05, 0) is 79.4 Å². The zero-order valence-corrected chi connectivity index (χ0v) is 22.4. The van der Waals surface area contributed by atoms with Crippen LogP contribution in [0.15, 0.2) is 0 Å². The maximum Gasteiger partial charge on any atom is 0.0986 e. The van der Waals surface area contributed by atoms with E-state index in [4.69, 9.17) is 9.84 Å². The van der Waals surface area contributed by atoms with Gasteiger partial charge in [-0.25, -0.2) is 0 Å². The Bertz CT molecular complexity index is 698. The van der Waals surface area contributed by atoms with E-state index in [-0.39, 0.29) is 36.6 Å². The first-order valence-corrected chi connectivity index (χ1v) is 14.3. The average molecular weight is 481 g/mol. The van der Waals surface area contributed by atoms with E-state index < -0.39 is 23.2 Å². The summed E-state index contributed by atoms with van der Waals surface area (Å²) < 4.78 is 5.79. The van der Waals surface area contributed by atoms with E-state index in [1.165, 1.54) is 32.1 Å². The Morgan fingerprint density at radius 3 is 2.41 bits per heavy atom. The Morgan fingerprint density at radius 2 is 1.74 bits per heavy atom. The van der Waals surface area contributed by atoms with Crippen molar-refractivity contribution < 1.29 is 25.2 Å². The topological polar surface area (TPSA) is 90.2 Å². The fourth-order valence-electron chi connectivity index (χ4n) is 9.75. The van der Waals surface area contributed by atoms with Crippen LogP contribution in [0.5, 0.6) is 0 Å². The van der Waals surface area contributed by atoms with Crippen molar-refractivity contribution in [2.45, 2.75) is 123 Å². The molecule has 0 aromatic rings. The molecular formula is C29H52O5. The number of ether oxygens (including phenoxy) is 1. The Hall–Kier alpha value is -0.200. The highest BCUT2D eigenvalue weighted by atomic mass is 16.5. The number of aliphatic hydroxyl groups excluding tert-OH is 3. The molecule has 0 radical (unpaired) electrons. The second-order valence-corrected chi connectivity index (χ2v) is 13.6. The van der Waals surface area contributed by atoms with Crippen LogP contribution in [0, 0.1) is 46.3 Å². The molecule has 11 atom stereocenters. The molecule has 0 heterocycles. The molecule has 0 aromatic carbocycles. The maximum atomic E-state index is 11.9. The molecule has 5 nitrogen and oxygen atoms in total. The minimum absolute atomic E-state index is 0.0211. The fraction of sp³-hybridized carbons (Fsp3) is 1.00. The summed E-state index contributed by atoms with van der Waals surface area (Å²) in [4.78, 5) is 0. The molecule has 4 rings (SSSR count). The summed E-state index contributed by atoms with van der Waals surface area (Å²) >= 11 is 0. The van der Waals surface area contributed by atoms with Gasteiger partial charge in [0, 0.05) is 11.8 Å². The van der Waals surface area contributed by atoms with Gasteiger partial charge in [-0.2, -0.15) is 0 Å². The van der Waals surface area contributed by atoms with Crippen molar-refractivity contribution in [1.29, 1.82) is 0 Å². The van der Waals surface area contributed by atoms with Crippen LogP contribution in [0.25, 0.3) is 0 Å². The first-order valence-electron chi connectivity index (χ1n) is 14.3. The third-order valence-corrected chi connectivity index (χ3v) is 11.4. The van der Waals surface area contributed by atoms with Crippen molar-refractivity contribution in [3.05, 3.63) is 0 Å². The summed E-state index contributed by atoms with van der Waals surface area (Å²) in [6, 6.07) is 0. The maximum absolute atomic E-state index is 11.9. The Kier molecular flexibility index (Phi) is 7.84. The van der Waals surface area contributed by atoms with Gasteiger partial charge in [0.1, 0.15) is 0 Å². The summed E-state index contributed by atoms with van der Waals surface area (Å²) in [6.45, 7) is 11.8. The number of hydrogen-bond donors (Lipinski definition) is 4. The van der Waals surface area contributed by atoms with Gasteiger partial charge in [-0.1, -0.05) is 53.9 Å². The summed E-state index contributed by atoms with van der Waals surface area (Å²) in [6.07, 6.45) is 8.22. The van der Waals surface area contributed by atoms with Crippen molar-refractivity contribution in [2.75, 3.05) is 13.2 Å². The minimum atomic E-state index is -1.25. The van der Waals surface area contributed by atoms with Gasteiger partial charge in [0.2, 0.25) is 0 Å². The van der Waals surface area contributed by atoms with Crippen LogP contribution in [0.4, 0.5) is 0 Å². The molecule has 198 valence electrons. The van der Waals surface area contributed by atoms with Gasteiger partial charge >= 0.3 is 0 Å². The average Bonchev–Trinajstić information content (AvgIpc) is 3.10. The normalized spacial score (nSPS) is 49.4. The van der Waals surface area contributed by atoms with Crippen LogP contribution < -0.4 is 0 Å². The minimum Gasteiger partial charge on any atom is -0.394 e. The summed E-state index contributed by atoms with van der Waals surface area (Å²) in [7, 11) is 0. The predicted octanol–water partition coefficient (Wildman–Crippen LogP) is 4.54. The molecule has 0 saturated heterocycles. The lowest BCUT2D eigenvalue weighted by atomic mass is 9.41. The molecule has 0 aromatic heterocycles. The van der Waals surface area contributed by atoms with E-state index in [0.717, 1.165) is 25.2 Å². The van der Waals surface area contributed by atoms with E-state index in [1.54, 1.807) is 0 Å². The summed E-state index contributed by atoms with van der Waals surface area (Å²) in [5.41, 5.74) is -1.65. The molecule has 0 spiro atoms. The van der Waals surface area contributed by atoms with Gasteiger partial charge < -0.3 is 25.2 Å². The monoisotopic (exact) mass is 480 g/mol. The molecule has 0 bridgehead atoms. The second kappa shape index (κ2) is 9.93. The number of hydrogen-bond acceptors (Lipinski definition) is 5. The van der Waals surface area contributed by atoms with Gasteiger partial charge in [-0.3, -0.25) is 0 Å². The highest BCUT2D eigenvalue weighted by molar-refractivity contribution is 5.19. The van der Waals surface area contributed by atoms with Crippen LogP contribution in [0.1, 0.15) is 98.8 Å². The van der Waals surface area contributed by atoms with Crippen LogP contribution in [0.2, 0.25) is 0 Å². The van der Waals surface area contributed by atoms with Crippen molar-refractivity contribution >= 4 is 0 Å². The predicted molar refractivity (Wildman–Crippen MR) is 134 cm³/mol. The van der Waals surface area contributed by atoms with Crippen molar-refractivity contribution in [3.8, 4) is 0 Å². The first kappa shape index (κ1) is 26.9. The lowest BCUT2D eigenvalue weighted by molar-refractivity contribution is -0.285. The van der Waals surface area contributed by atoms with Crippen LogP contribution >= 0.6 is 0 Å². The Morgan fingerprint density at radius 1 is 1.00 bits per heavy atom. The highest BCUT2D eigenvalue weighted by Crippen LogP contribution is 2.69. The Labute approximate surface area is 207 Å². The van der Waals surface area contributed by atoms with Crippen LogP contribution in [0.3, 0.4) is 0 Å². The second-order valence-electron chi connectivity index (χ2n) is 13.6. The van der Waals surface area contributed by atoms with Gasteiger partial charge in [0.15, 0.2) is 0 Å². The van der Waals surface area contributed by atoms with E-state index >= 15 is 0 Å². The van der Waals surface area contributed by atoms with Crippen molar-refractivity contribution in [3.63, 3.8) is 0 Å². The molecule has 34 heavy (non-hydrogen) atoms. The molecule has 4 aliphatic carbocycles. The van der Waals surface area contributed by atoms with Gasteiger partial charge in [0.25, 0.3) is 0 Å². The van der Waals surface area contributed by atoms with Crippen molar-refractivity contribution in [2.24, 2.45) is 46.3 Å². The molecule has 4 saturated carbocycles. The van der Waals surface area contributed by atoms with E-state index in [0.29, 0.717) is 30.6 Å². The first-order chi connectivity index (χ1) is 16.0. The molecule has 0 aliphatic heterocycles. The SMILES string of the molecule is CC(C)CCC[C@@H](C)[C@H]1CC[C@H]2[C@@H]3C[C@H](O)[C@@]4(O)C[C@@H](OCCO)CC[C@]4(C)[C@H]3[C@H](O)C[C@]12C. The number of rotatable bonds is 8. The van der Waals surface area contributed by atoms with E-state index in [9.17, 15) is 15.3 Å².